The first kappa shape index (κ1) is 20.6. The second-order valence-electron chi connectivity index (χ2n) is 6.20. The van der Waals surface area contributed by atoms with Crippen LogP contribution >= 0.6 is 0 Å². The van der Waals surface area contributed by atoms with Crippen molar-refractivity contribution in [1.82, 2.24) is 4.72 Å². The van der Waals surface area contributed by atoms with Gasteiger partial charge in [0.05, 0.1) is 27.9 Å². The highest BCUT2D eigenvalue weighted by Gasteiger charge is 2.31. The summed E-state index contributed by atoms with van der Waals surface area (Å²) in [5, 5.41) is 0. The topological polar surface area (TPSA) is 55.4 Å². The van der Waals surface area contributed by atoms with Gasteiger partial charge in [-0.1, -0.05) is 12.1 Å². The lowest BCUT2D eigenvalue weighted by molar-refractivity contribution is -0.145. The molecule has 0 bridgehead atoms. The average molecular weight is 365 g/mol. The molecule has 0 fully saturated rings. The molecule has 2 atom stereocenters. The van der Waals surface area contributed by atoms with Crippen molar-refractivity contribution >= 4 is 17.0 Å². The number of rotatable bonds is 6. The highest BCUT2D eigenvalue weighted by atomic mass is 32.2. The van der Waals surface area contributed by atoms with Crippen LogP contribution < -0.4 is 4.72 Å². The normalized spacial score (nSPS) is 15.0. The lowest BCUT2D eigenvalue weighted by Gasteiger charge is -2.23. The first-order valence-electron chi connectivity index (χ1n) is 7.46. The number of halogens is 3. The molecule has 8 heteroatoms. The Morgan fingerprint density at radius 2 is 1.75 bits per heavy atom. The van der Waals surface area contributed by atoms with Crippen molar-refractivity contribution in [3.8, 4) is 0 Å². The molecule has 1 N–H and O–H groups in total. The fourth-order valence-electron chi connectivity index (χ4n) is 1.79. The van der Waals surface area contributed by atoms with Gasteiger partial charge in [0, 0.05) is 0 Å². The molecule has 0 spiro atoms. The Bertz CT molecular complexity index is 580. The third-order valence-electron chi connectivity index (χ3n) is 3.10. The van der Waals surface area contributed by atoms with Crippen LogP contribution in [0.2, 0.25) is 0 Å². The predicted molar refractivity (Wildman–Crippen MR) is 86.6 cm³/mol. The van der Waals surface area contributed by atoms with E-state index in [-0.39, 0.29) is 13.0 Å². The van der Waals surface area contributed by atoms with E-state index in [0.717, 1.165) is 12.1 Å². The molecule has 0 saturated carbocycles. The van der Waals surface area contributed by atoms with E-state index in [1.165, 1.54) is 12.1 Å². The van der Waals surface area contributed by atoms with Gasteiger partial charge in [-0.2, -0.15) is 13.2 Å². The molecule has 1 rings (SSSR count). The highest BCUT2D eigenvalue weighted by Crippen LogP contribution is 2.29. The standard InChI is InChI=1S/C16H22F3NO3S/c1-5-23-14(21)13(20-24(22)15(2,3)4)10-11-6-8-12(9-7-11)16(17,18)19/h6-9,13,20H,5,10H2,1-4H3/t13?,24-/m0/s1. The SMILES string of the molecule is CCOC(=O)C(Cc1ccc(C(F)(F)F)cc1)N[S@@](=O)C(C)(C)C. The lowest BCUT2D eigenvalue weighted by atomic mass is 10.0. The molecule has 0 radical (unpaired) electrons. The molecule has 0 aliphatic heterocycles. The molecule has 1 aromatic rings. The van der Waals surface area contributed by atoms with Crippen LogP contribution in [0, 0.1) is 0 Å². The van der Waals surface area contributed by atoms with Crippen molar-refractivity contribution < 1.29 is 26.9 Å². The minimum Gasteiger partial charge on any atom is -0.465 e. The van der Waals surface area contributed by atoms with Crippen molar-refractivity contribution in [3.05, 3.63) is 35.4 Å². The molecule has 0 amide bonds. The summed E-state index contributed by atoms with van der Waals surface area (Å²) in [4.78, 5) is 12.0. The van der Waals surface area contributed by atoms with Gasteiger partial charge in [-0.15, -0.1) is 0 Å². The summed E-state index contributed by atoms with van der Waals surface area (Å²) >= 11 is 0. The average Bonchev–Trinajstić information content (AvgIpc) is 2.45. The molecular weight excluding hydrogens is 343 g/mol. The van der Waals surface area contributed by atoms with Crippen molar-refractivity contribution in [1.29, 1.82) is 0 Å². The van der Waals surface area contributed by atoms with Crippen molar-refractivity contribution in [3.63, 3.8) is 0 Å². The van der Waals surface area contributed by atoms with Gasteiger partial charge >= 0.3 is 12.1 Å². The molecule has 0 heterocycles. The van der Waals surface area contributed by atoms with E-state index in [1.807, 2.05) is 0 Å². The highest BCUT2D eigenvalue weighted by molar-refractivity contribution is 7.84. The van der Waals surface area contributed by atoms with E-state index >= 15 is 0 Å². The number of esters is 1. The van der Waals surface area contributed by atoms with E-state index in [1.54, 1.807) is 27.7 Å². The van der Waals surface area contributed by atoms with Crippen LogP contribution in [-0.2, 0) is 33.1 Å². The first-order chi connectivity index (χ1) is 10.9. The molecule has 0 aliphatic rings. The fourth-order valence-corrected chi connectivity index (χ4v) is 2.58. The van der Waals surface area contributed by atoms with Gasteiger partial charge in [0.25, 0.3) is 0 Å². The number of ether oxygens (including phenoxy) is 1. The fraction of sp³-hybridized carbons (Fsp3) is 0.562. The largest absolute Gasteiger partial charge is 0.465 e. The zero-order valence-electron chi connectivity index (χ0n) is 14.1. The molecule has 0 aliphatic carbocycles. The van der Waals surface area contributed by atoms with Gasteiger partial charge in [-0.3, -0.25) is 4.79 Å². The van der Waals surface area contributed by atoms with Crippen LogP contribution in [0.5, 0.6) is 0 Å². The molecule has 0 saturated heterocycles. The Morgan fingerprint density at radius 1 is 1.21 bits per heavy atom. The second-order valence-corrected chi connectivity index (χ2v) is 8.20. The maximum Gasteiger partial charge on any atom is 0.416 e. The van der Waals surface area contributed by atoms with E-state index < -0.39 is 39.5 Å². The van der Waals surface area contributed by atoms with Crippen LogP contribution in [0.1, 0.15) is 38.8 Å². The molecular formula is C16H22F3NO3S. The second kappa shape index (κ2) is 8.11. The predicted octanol–water partition coefficient (Wildman–Crippen LogP) is 3.23. The number of carbonyl (C=O) groups excluding carboxylic acids is 1. The van der Waals surface area contributed by atoms with Crippen molar-refractivity contribution in [2.45, 2.75) is 51.1 Å². The Hall–Kier alpha value is -1.41. The van der Waals surface area contributed by atoms with Crippen LogP contribution in [-0.4, -0.2) is 27.6 Å². The Morgan fingerprint density at radius 3 is 2.17 bits per heavy atom. The smallest absolute Gasteiger partial charge is 0.416 e. The van der Waals surface area contributed by atoms with Crippen LogP contribution in [0.3, 0.4) is 0 Å². The van der Waals surface area contributed by atoms with Gasteiger partial charge in [-0.25, -0.2) is 8.93 Å². The van der Waals surface area contributed by atoms with Crippen LogP contribution in [0.15, 0.2) is 24.3 Å². The van der Waals surface area contributed by atoms with E-state index in [4.69, 9.17) is 4.74 Å². The summed E-state index contributed by atoms with van der Waals surface area (Å²) in [7, 11) is -1.51. The molecule has 1 unspecified atom stereocenters. The van der Waals surface area contributed by atoms with Gasteiger partial charge in [0.15, 0.2) is 0 Å². The maximum absolute atomic E-state index is 12.6. The van der Waals surface area contributed by atoms with Crippen LogP contribution in [0.4, 0.5) is 13.2 Å². The summed E-state index contributed by atoms with van der Waals surface area (Å²) in [5.74, 6) is -0.588. The number of carbonyl (C=O) groups is 1. The molecule has 4 nitrogen and oxygen atoms in total. The molecule has 24 heavy (non-hydrogen) atoms. The number of benzene rings is 1. The van der Waals surface area contributed by atoms with Gasteiger partial charge in [-0.05, 0) is 51.8 Å². The Kier molecular flexibility index (Phi) is 6.97. The third-order valence-corrected chi connectivity index (χ3v) is 4.71. The monoisotopic (exact) mass is 365 g/mol. The summed E-state index contributed by atoms with van der Waals surface area (Å²) in [5.41, 5.74) is -0.246. The van der Waals surface area contributed by atoms with Crippen LogP contribution in [0.25, 0.3) is 0 Å². The quantitative estimate of drug-likeness (QED) is 0.788. The summed E-state index contributed by atoms with van der Waals surface area (Å²) in [6.07, 6.45) is -4.33. The minimum absolute atomic E-state index is 0.0821. The summed E-state index contributed by atoms with van der Waals surface area (Å²) in [6, 6.07) is 3.62. The zero-order valence-corrected chi connectivity index (χ0v) is 14.9. The molecule has 136 valence electrons. The number of nitrogens with one attached hydrogen (secondary N) is 1. The third kappa shape index (κ3) is 6.24. The number of hydrogen-bond donors (Lipinski definition) is 1. The molecule has 0 aromatic heterocycles. The minimum atomic E-state index is -4.41. The lowest BCUT2D eigenvalue weighted by Crippen LogP contribution is -2.45. The van der Waals surface area contributed by atoms with E-state index in [9.17, 15) is 22.2 Å². The summed E-state index contributed by atoms with van der Waals surface area (Å²) in [6.45, 7) is 7.04. The zero-order chi connectivity index (χ0) is 18.5. The van der Waals surface area contributed by atoms with Crippen molar-refractivity contribution in [2.75, 3.05) is 6.61 Å². The van der Waals surface area contributed by atoms with E-state index in [0.29, 0.717) is 5.56 Å². The van der Waals surface area contributed by atoms with E-state index in [2.05, 4.69) is 4.72 Å². The summed E-state index contributed by atoms with van der Waals surface area (Å²) < 4.78 is 57.0. The first-order valence-corrected chi connectivity index (χ1v) is 8.61. The Balaban J connectivity index is 2.92. The van der Waals surface area contributed by atoms with Gasteiger partial charge in [0.2, 0.25) is 0 Å². The van der Waals surface area contributed by atoms with Gasteiger partial charge in [0.1, 0.15) is 6.04 Å². The maximum atomic E-state index is 12.6. The Labute approximate surface area is 142 Å². The number of hydrogen-bond acceptors (Lipinski definition) is 3. The van der Waals surface area contributed by atoms with Crippen molar-refractivity contribution in [2.24, 2.45) is 0 Å². The number of alkyl halides is 3. The van der Waals surface area contributed by atoms with Gasteiger partial charge < -0.3 is 4.74 Å². The molecule has 1 aromatic carbocycles.